The van der Waals surface area contributed by atoms with Crippen LogP contribution in [0.15, 0.2) is 47.6 Å². The largest absolute Gasteiger partial charge is 0.387 e. The van der Waals surface area contributed by atoms with Gasteiger partial charge in [0.1, 0.15) is 16.4 Å². The number of pyridine rings is 1. The van der Waals surface area contributed by atoms with Gasteiger partial charge in [0.15, 0.2) is 0 Å². The highest BCUT2D eigenvalue weighted by Gasteiger charge is 2.22. The van der Waals surface area contributed by atoms with Crippen LogP contribution < -0.4 is 4.72 Å². The summed E-state index contributed by atoms with van der Waals surface area (Å²) in [5.74, 6) is -0.438. The fraction of sp³-hybridized carbons (Fsp3) is 0.133. The summed E-state index contributed by atoms with van der Waals surface area (Å²) >= 11 is 6.05. The molecule has 0 radical (unpaired) electrons. The normalized spacial score (nSPS) is 13.3. The molecule has 6 nitrogen and oxygen atoms in total. The highest BCUT2D eigenvalue weighted by molar-refractivity contribution is 7.89. The molecule has 3 N–H and O–H groups in total. The SMILES string of the molecule is O=S(=O)(NCC(O)c1ccc(F)cc1)c1c[nH]c2nccc(Cl)c12. The van der Waals surface area contributed by atoms with Crippen LogP contribution in [0.1, 0.15) is 11.7 Å². The van der Waals surface area contributed by atoms with Crippen molar-refractivity contribution in [1.82, 2.24) is 14.7 Å². The second-order valence-electron chi connectivity index (χ2n) is 5.09. The van der Waals surface area contributed by atoms with Crippen LogP contribution in [0.4, 0.5) is 4.39 Å². The van der Waals surface area contributed by atoms with Gasteiger partial charge < -0.3 is 10.1 Å². The molecule has 3 rings (SSSR count). The number of aromatic amines is 1. The van der Waals surface area contributed by atoms with Gasteiger partial charge in [0, 0.05) is 18.9 Å². The molecule has 1 aromatic carbocycles. The number of aromatic nitrogens is 2. The second-order valence-corrected chi connectivity index (χ2v) is 7.23. The molecule has 1 atom stereocenters. The zero-order valence-corrected chi connectivity index (χ0v) is 13.8. The standard InChI is InChI=1S/C15H13ClFN3O3S/c16-11-5-6-18-15-14(11)13(8-19-15)24(22,23)20-7-12(21)9-1-3-10(17)4-2-9/h1-6,8,12,20-21H,7H2,(H,18,19). The van der Waals surface area contributed by atoms with Crippen molar-refractivity contribution in [3.8, 4) is 0 Å². The van der Waals surface area contributed by atoms with Gasteiger partial charge in [0.2, 0.25) is 10.0 Å². The fourth-order valence-corrected chi connectivity index (χ4v) is 3.80. The van der Waals surface area contributed by atoms with E-state index in [1.807, 2.05) is 0 Å². The van der Waals surface area contributed by atoms with Gasteiger partial charge in [-0.25, -0.2) is 22.5 Å². The van der Waals surface area contributed by atoms with Gasteiger partial charge in [-0.15, -0.1) is 0 Å². The number of hydrogen-bond acceptors (Lipinski definition) is 4. The number of aliphatic hydroxyl groups excluding tert-OH is 1. The van der Waals surface area contributed by atoms with E-state index in [9.17, 15) is 17.9 Å². The Morgan fingerprint density at radius 2 is 2.00 bits per heavy atom. The van der Waals surface area contributed by atoms with Gasteiger partial charge in [-0.2, -0.15) is 0 Å². The fourth-order valence-electron chi connectivity index (χ4n) is 2.27. The van der Waals surface area contributed by atoms with E-state index < -0.39 is 21.9 Å². The molecule has 0 saturated carbocycles. The highest BCUT2D eigenvalue weighted by Crippen LogP contribution is 2.28. The van der Waals surface area contributed by atoms with Crippen LogP contribution in [-0.2, 0) is 10.0 Å². The van der Waals surface area contributed by atoms with Crippen molar-refractivity contribution in [2.75, 3.05) is 6.54 Å². The van der Waals surface area contributed by atoms with Crippen molar-refractivity contribution < 1.29 is 17.9 Å². The Kier molecular flexibility index (Phi) is 4.55. The predicted molar refractivity (Wildman–Crippen MR) is 87.7 cm³/mol. The van der Waals surface area contributed by atoms with Crippen LogP contribution >= 0.6 is 11.6 Å². The molecule has 126 valence electrons. The van der Waals surface area contributed by atoms with Crippen molar-refractivity contribution in [1.29, 1.82) is 0 Å². The maximum atomic E-state index is 12.9. The highest BCUT2D eigenvalue weighted by atomic mass is 35.5. The first-order valence-electron chi connectivity index (χ1n) is 6.93. The number of sulfonamides is 1. The van der Waals surface area contributed by atoms with Crippen LogP contribution in [0.5, 0.6) is 0 Å². The first-order chi connectivity index (χ1) is 11.4. The lowest BCUT2D eigenvalue weighted by Crippen LogP contribution is -2.28. The Morgan fingerprint density at radius 3 is 2.71 bits per heavy atom. The maximum absolute atomic E-state index is 12.9. The van der Waals surface area contributed by atoms with Gasteiger partial charge in [0.25, 0.3) is 0 Å². The van der Waals surface area contributed by atoms with Gasteiger partial charge in [-0.3, -0.25) is 0 Å². The summed E-state index contributed by atoms with van der Waals surface area (Å²) in [5.41, 5.74) is 0.750. The average Bonchev–Trinajstić information content (AvgIpc) is 3.00. The Morgan fingerprint density at radius 1 is 1.29 bits per heavy atom. The summed E-state index contributed by atoms with van der Waals surface area (Å²) in [4.78, 5) is 6.70. The number of rotatable bonds is 5. The van der Waals surface area contributed by atoms with Crippen molar-refractivity contribution in [2.45, 2.75) is 11.0 Å². The summed E-state index contributed by atoms with van der Waals surface area (Å²) < 4.78 is 40.1. The molecule has 0 fully saturated rings. The lowest BCUT2D eigenvalue weighted by Gasteiger charge is -2.12. The van der Waals surface area contributed by atoms with Crippen molar-refractivity contribution in [3.05, 3.63) is 59.1 Å². The van der Waals surface area contributed by atoms with E-state index in [4.69, 9.17) is 11.6 Å². The van der Waals surface area contributed by atoms with Crippen LogP contribution in [0.25, 0.3) is 11.0 Å². The summed E-state index contributed by atoms with van der Waals surface area (Å²) in [5, 5.41) is 10.6. The Balaban J connectivity index is 1.82. The monoisotopic (exact) mass is 369 g/mol. The molecule has 3 aromatic rings. The lowest BCUT2D eigenvalue weighted by molar-refractivity contribution is 0.182. The third-order valence-electron chi connectivity index (χ3n) is 3.50. The second kappa shape index (κ2) is 6.48. The molecule has 0 aliphatic rings. The minimum absolute atomic E-state index is 0.0538. The molecule has 0 amide bonds. The summed E-state index contributed by atoms with van der Waals surface area (Å²) in [6.07, 6.45) is 1.64. The number of nitrogens with one attached hydrogen (secondary N) is 2. The molecule has 0 spiro atoms. The van der Waals surface area contributed by atoms with Crippen molar-refractivity contribution in [2.24, 2.45) is 0 Å². The van der Waals surface area contributed by atoms with Gasteiger partial charge >= 0.3 is 0 Å². The number of hydrogen-bond donors (Lipinski definition) is 3. The van der Waals surface area contributed by atoms with Crippen molar-refractivity contribution in [3.63, 3.8) is 0 Å². The molecule has 0 aliphatic carbocycles. The van der Waals surface area contributed by atoms with Crippen LogP contribution in [0, 0.1) is 5.82 Å². The van der Waals surface area contributed by atoms with Gasteiger partial charge in [0.05, 0.1) is 16.5 Å². The van der Waals surface area contributed by atoms with E-state index in [0.29, 0.717) is 11.2 Å². The average molecular weight is 370 g/mol. The third-order valence-corrected chi connectivity index (χ3v) is 5.26. The number of nitrogens with zero attached hydrogens (tertiary/aromatic N) is 1. The zero-order valence-electron chi connectivity index (χ0n) is 12.2. The van der Waals surface area contributed by atoms with E-state index in [0.717, 1.165) is 0 Å². The minimum atomic E-state index is -3.92. The van der Waals surface area contributed by atoms with E-state index >= 15 is 0 Å². The molecular formula is C15H13ClFN3O3S. The van der Waals surface area contributed by atoms with Crippen LogP contribution in [0.2, 0.25) is 5.02 Å². The minimum Gasteiger partial charge on any atom is -0.387 e. The summed E-state index contributed by atoms with van der Waals surface area (Å²) in [6.45, 7) is -0.265. The molecule has 0 bridgehead atoms. The summed E-state index contributed by atoms with van der Waals surface area (Å²) in [6, 6.07) is 6.65. The predicted octanol–water partition coefficient (Wildman–Crippen LogP) is 2.37. The van der Waals surface area contributed by atoms with E-state index in [2.05, 4.69) is 14.7 Å². The van der Waals surface area contributed by atoms with Crippen molar-refractivity contribution >= 4 is 32.7 Å². The molecule has 1 unspecified atom stereocenters. The van der Waals surface area contributed by atoms with Crippen LogP contribution in [-0.4, -0.2) is 30.0 Å². The molecule has 0 aliphatic heterocycles. The Hall–Kier alpha value is -2.00. The molecule has 2 aromatic heterocycles. The molecule has 9 heteroatoms. The van der Waals surface area contributed by atoms with E-state index in [1.165, 1.54) is 42.7 Å². The van der Waals surface area contributed by atoms with Crippen LogP contribution in [0.3, 0.4) is 0 Å². The first kappa shape index (κ1) is 16.8. The number of aliphatic hydroxyl groups is 1. The molecule has 2 heterocycles. The molecule has 24 heavy (non-hydrogen) atoms. The number of H-pyrrole nitrogens is 1. The van der Waals surface area contributed by atoms with E-state index in [-0.39, 0.29) is 21.8 Å². The quantitative estimate of drug-likeness (QED) is 0.643. The summed E-state index contributed by atoms with van der Waals surface area (Å²) in [7, 11) is -3.92. The lowest BCUT2D eigenvalue weighted by atomic mass is 10.1. The number of halogens is 2. The zero-order chi connectivity index (χ0) is 17.3. The maximum Gasteiger partial charge on any atom is 0.242 e. The topological polar surface area (TPSA) is 95.1 Å². The van der Waals surface area contributed by atoms with Gasteiger partial charge in [-0.1, -0.05) is 23.7 Å². The number of benzene rings is 1. The number of fused-ring (bicyclic) bond motifs is 1. The molecule has 0 saturated heterocycles. The molecular weight excluding hydrogens is 357 g/mol. The van der Waals surface area contributed by atoms with E-state index in [1.54, 1.807) is 0 Å². The van der Waals surface area contributed by atoms with Gasteiger partial charge in [-0.05, 0) is 23.8 Å². The smallest absolute Gasteiger partial charge is 0.242 e. The first-order valence-corrected chi connectivity index (χ1v) is 8.79. The Labute approximate surface area is 142 Å². The Bertz CT molecular complexity index is 973. The third kappa shape index (κ3) is 3.27.